The molecule has 0 aliphatic carbocycles. The van der Waals surface area contributed by atoms with Gasteiger partial charge in [0, 0.05) is 18.4 Å². The summed E-state index contributed by atoms with van der Waals surface area (Å²) in [6.45, 7) is 0. The summed E-state index contributed by atoms with van der Waals surface area (Å²) in [6, 6.07) is 1.77. The maximum atomic E-state index is 11.3. The molecule has 9 heteroatoms. The number of hydrogen-bond donors (Lipinski definition) is 1. The van der Waals surface area contributed by atoms with Gasteiger partial charge < -0.3 is 14.6 Å². The standard InChI is InChI=1S/C12H11ClN4O3S/c1-19-11(18)9-3-7(20-17-9)5-21-12-15-8-2-6(13)4-14-10(8)16-12/h2,4,7H,3,5H2,1H3,(H,14,15,16)/t7-/m0/s1. The number of H-pyrrole nitrogens is 1. The van der Waals surface area contributed by atoms with Gasteiger partial charge in [0.1, 0.15) is 6.10 Å². The zero-order chi connectivity index (χ0) is 14.8. The van der Waals surface area contributed by atoms with Gasteiger partial charge in [0.05, 0.1) is 17.6 Å². The van der Waals surface area contributed by atoms with E-state index in [1.807, 2.05) is 0 Å². The van der Waals surface area contributed by atoms with Crippen molar-refractivity contribution in [1.82, 2.24) is 15.0 Å². The lowest BCUT2D eigenvalue weighted by molar-refractivity contribution is -0.132. The van der Waals surface area contributed by atoms with E-state index in [9.17, 15) is 4.79 Å². The molecule has 0 saturated carbocycles. The molecule has 2 aromatic rings. The molecule has 3 heterocycles. The summed E-state index contributed by atoms with van der Waals surface area (Å²) in [5, 5.41) is 4.99. The average Bonchev–Trinajstić information content (AvgIpc) is 3.10. The van der Waals surface area contributed by atoms with E-state index in [4.69, 9.17) is 16.4 Å². The molecule has 1 atom stereocenters. The topological polar surface area (TPSA) is 89.5 Å². The number of oxime groups is 1. The monoisotopic (exact) mass is 326 g/mol. The van der Waals surface area contributed by atoms with Crippen molar-refractivity contribution in [2.24, 2.45) is 5.16 Å². The van der Waals surface area contributed by atoms with Crippen LogP contribution in [-0.2, 0) is 14.4 Å². The fourth-order valence-electron chi connectivity index (χ4n) is 1.85. The van der Waals surface area contributed by atoms with Crippen molar-refractivity contribution < 1.29 is 14.4 Å². The minimum atomic E-state index is -0.454. The number of nitrogens with zero attached hydrogens (tertiary/aromatic N) is 3. The average molecular weight is 327 g/mol. The van der Waals surface area contributed by atoms with Gasteiger partial charge in [-0.15, -0.1) is 0 Å². The highest BCUT2D eigenvalue weighted by Crippen LogP contribution is 2.24. The van der Waals surface area contributed by atoms with Crippen LogP contribution in [0.4, 0.5) is 0 Å². The maximum absolute atomic E-state index is 11.3. The Hall–Kier alpha value is -1.80. The SMILES string of the molecule is COC(=O)C1=NO[C@H](CSc2nc3ncc(Cl)cc3[nH]2)C1. The molecule has 0 spiro atoms. The summed E-state index contributed by atoms with van der Waals surface area (Å²) in [5.41, 5.74) is 1.70. The highest BCUT2D eigenvalue weighted by molar-refractivity contribution is 7.99. The highest BCUT2D eigenvalue weighted by Gasteiger charge is 2.27. The van der Waals surface area contributed by atoms with E-state index in [0.717, 1.165) is 10.7 Å². The van der Waals surface area contributed by atoms with Gasteiger partial charge in [-0.3, -0.25) is 0 Å². The van der Waals surface area contributed by atoms with Crippen LogP contribution in [0, 0.1) is 0 Å². The van der Waals surface area contributed by atoms with Gasteiger partial charge in [0.15, 0.2) is 16.5 Å². The second-order valence-corrected chi connectivity index (χ2v) is 5.78. The molecule has 0 saturated heterocycles. The summed E-state index contributed by atoms with van der Waals surface area (Å²) in [7, 11) is 1.32. The van der Waals surface area contributed by atoms with Crippen LogP contribution in [0.3, 0.4) is 0 Å². The van der Waals surface area contributed by atoms with Crippen LogP contribution in [0.25, 0.3) is 11.2 Å². The van der Waals surface area contributed by atoms with Crippen molar-refractivity contribution in [3.63, 3.8) is 0 Å². The number of halogens is 1. The number of ether oxygens (including phenoxy) is 1. The van der Waals surface area contributed by atoms with E-state index in [0.29, 0.717) is 28.6 Å². The molecule has 0 unspecified atom stereocenters. The molecule has 0 fully saturated rings. The number of nitrogens with one attached hydrogen (secondary N) is 1. The van der Waals surface area contributed by atoms with Gasteiger partial charge in [0.25, 0.3) is 0 Å². The third kappa shape index (κ3) is 3.11. The van der Waals surface area contributed by atoms with E-state index >= 15 is 0 Å². The number of carbonyl (C=O) groups excluding carboxylic acids is 1. The van der Waals surface area contributed by atoms with E-state index in [-0.39, 0.29) is 6.10 Å². The zero-order valence-corrected chi connectivity index (χ0v) is 12.6. The Labute approximate surface area is 129 Å². The summed E-state index contributed by atoms with van der Waals surface area (Å²) in [5.74, 6) is 0.155. The molecule has 1 aliphatic rings. The molecule has 1 N–H and O–H groups in total. The first-order valence-corrected chi connectivity index (χ1v) is 7.47. The Morgan fingerprint density at radius 2 is 2.52 bits per heavy atom. The van der Waals surface area contributed by atoms with Crippen LogP contribution in [0.1, 0.15) is 6.42 Å². The smallest absolute Gasteiger partial charge is 0.355 e. The highest BCUT2D eigenvalue weighted by atomic mass is 35.5. The fraction of sp³-hybridized carbons (Fsp3) is 0.333. The van der Waals surface area contributed by atoms with E-state index in [2.05, 4.69) is 24.8 Å². The summed E-state index contributed by atoms with van der Waals surface area (Å²) < 4.78 is 4.60. The minimum absolute atomic E-state index is 0.172. The third-order valence-electron chi connectivity index (χ3n) is 2.84. The number of fused-ring (bicyclic) bond motifs is 1. The fourth-order valence-corrected chi connectivity index (χ4v) is 2.86. The molecule has 7 nitrogen and oxygen atoms in total. The number of carbonyl (C=O) groups is 1. The molecular formula is C12H11ClN4O3S. The summed E-state index contributed by atoms with van der Waals surface area (Å²) in [4.78, 5) is 28.1. The number of methoxy groups -OCH3 is 1. The Morgan fingerprint density at radius 3 is 3.33 bits per heavy atom. The third-order valence-corrected chi connectivity index (χ3v) is 4.05. The van der Waals surface area contributed by atoms with Crippen LogP contribution < -0.4 is 0 Å². The predicted molar refractivity (Wildman–Crippen MR) is 78.6 cm³/mol. The van der Waals surface area contributed by atoms with Crippen molar-refractivity contribution in [2.45, 2.75) is 17.7 Å². The van der Waals surface area contributed by atoms with E-state index < -0.39 is 5.97 Å². The largest absolute Gasteiger partial charge is 0.464 e. The predicted octanol–water partition coefficient (Wildman–Crippen LogP) is 2.02. The first-order chi connectivity index (χ1) is 10.2. The van der Waals surface area contributed by atoms with Crippen molar-refractivity contribution in [3.05, 3.63) is 17.3 Å². The molecule has 2 aromatic heterocycles. The normalized spacial score (nSPS) is 17.6. The molecule has 1 aliphatic heterocycles. The number of hydrogen-bond acceptors (Lipinski definition) is 7. The molecule has 0 radical (unpaired) electrons. The molecule has 0 amide bonds. The number of aromatic amines is 1. The maximum Gasteiger partial charge on any atom is 0.355 e. The van der Waals surface area contributed by atoms with Gasteiger partial charge in [-0.05, 0) is 6.07 Å². The van der Waals surface area contributed by atoms with Crippen LogP contribution >= 0.6 is 23.4 Å². The van der Waals surface area contributed by atoms with Crippen LogP contribution in [0.2, 0.25) is 5.02 Å². The Morgan fingerprint density at radius 1 is 1.67 bits per heavy atom. The number of esters is 1. The number of imidazole rings is 1. The lowest BCUT2D eigenvalue weighted by Gasteiger charge is -2.05. The zero-order valence-electron chi connectivity index (χ0n) is 11.0. The van der Waals surface area contributed by atoms with Crippen LogP contribution in [-0.4, -0.2) is 45.6 Å². The van der Waals surface area contributed by atoms with Crippen molar-refractivity contribution in [2.75, 3.05) is 12.9 Å². The Bertz CT molecular complexity index is 718. The molecule has 0 aromatic carbocycles. The quantitative estimate of drug-likeness (QED) is 0.683. The summed E-state index contributed by atoms with van der Waals surface area (Å²) in [6.07, 6.45) is 1.81. The molecule has 21 heavy (non-hydrogen) atoms. The van der Waals surface area contributed by atoms with Gasteiger partial charge >= 0.3 is 5.97 Å². The molecule has 110 valence electrons. The van der Waals surface area contributed by atoms with Crippen molar-refractivity contribution in [3.8, 4) is 0 Å². The van der Waals surface area contributed by atoms with E-state index in [1.54, 1.807) is 12.3 Å². The molecule has 0 bridgehead atoms. The molecule has 3 rings (SSSR count). The van der Waals surface area contributed by atoms with Crippen molar-refractivity contribution >= 4 is 46.2 Å². The minimum Gasteiger partial charge on any atom is -0.464 e. The van der Waals surface area contributed by atoms with Crippen LogP contribution in [0.15, 0.2) is 22.6 Å². The van der Waals surface area contributed by atoms with E-state index in [1.165, 1.54) is 18.9 Å². The van der Waals surface area contributed by atoms with Gasteiger partial charge in [-0.1, -0.05) is 28.5 Å². The first-order valence-electron chi connectivity index (χ1n) is 6.11. The second-order valence-electron chi connectivity index (χ2n) is 4.34. The number of rotatable bonds is 4. The Balaban J connectivity index is 1.59. The second kappa shape index (κ2) is 5.90. The number of pyridine rings is 1. The lowest BCUT2D eigenvalue weighted by atomic mass is 10.2. The Kier molecular flexibility index (Phi) is 3.98. The first kappa shape index (κ1) is 14.2. The number of aromatic nitrogens is 3. The van der Waals surface area contributed by atoms with Crippen LogP contribution in [0.5, 0.6) is 0 Å². The summed E-state index contributed by atoms with van der Waals surface area (Å²) >= 11 is 7.34. The van der Waals surface area contributed by atoms with Crippen molar-refractivity contribution in [1.29, 1.82) is 0 Å². The number of thioether (sulfide) groups is 1. The lowest BCUT2D eigenvalue weighted by Crippen LogP contribution is -2.17. The molecular weight excluding hydrogens is 316 g/mol. The van der Waals surface area contributed by atoms with Gasteiger partial charge in [0.2, 0.25) is 0 Å². The van der Waals surface area contributed by atoms with Gasteiger partial charge in [-0.2, -0.15) is 0 Å². The van der Waals surface area contributed by atoms with Gasteiger partial charge in [-0.25, -0.2) is 14.8 Å².